The van der Waals surface area contributed by atoms with Gasteiger partial charge in [-0.25, -0.2) is 0 Å². The molecule has 0 aliphatic rings. The van der Waals surface area contributed by atoms with Gasteiger partial charge in [-0.2, -0.15) is 5.26 Å². The van der Waals surface area contributed by atoms with E-state index in [4.69, 9.17) is 4.74 Å². The number of carbonyl (C=O) groups is 1. The minimum absolute atomic E-state index is 0.0524. The second-order valence-corrected chi connectivity index (χ2v) is 3.85. The molecule has 0 saturated heterocycles. The van der Waals surface area contributed by atoms with Crippen LogP contribution in [0.15, 0.2) is 0 Å². The molecular weight excluding hydrogens is 190 g/mol. The van der Waals surface area contributed by atoms with E-state index in [1.54, 1.807) is 6.92 Å². The Kier molecular flexibility index (Phi) is 6.00. The summed E-state index contributed by atoms with van der Waals surface area (Å²) in [4.78, 5) is 11.8. The van der Waals surface area contributed by atoms with Gasteiger partial charge in [0.1, 0.15) is 0 Å². The zero-order valence-electron chi connectivity index (χ0n) is 10.2. The van der Waals surface area contributed by atoms with E-state index < -0.39 is 5.41 Å². The molecule has 0 aliphatic heterocycles. The fraction of sp³-hybridized carbons (Fsp3) is 0.833. The average molecular weight is 211 g/mol. The molecule has 2 atom stereocenters. The molecule has 0 aromatic rings. The van der Waals surface area contributed by atoms with Crippen molar-refractivity contribution in [3.8, 4) is 6.07 Å². The maximum absolute atomic E-state index is 11.8. The average Bonchev–Trinajstić information content (AvgIpc) is 2.21. The standard InChI is InChI=1S/C12H21NO2/c1-5-8-10(4)12(6-2,9-13)11(14)15-7-3/h10H,5-8H2,1-4H3/t10-,12-/m0/s1. The zero-order chi connectivity index (χ0) is 11.9. The van der Waals surface area contributed by atoms with Crippen molar-refractivity contribution in [3.05, 3.63) is 0 Å². The fourth-order valence-corrected chi connectivity index (χ4v) is 1.87. The lowest BCUT2D eigenvalue weighted by molar-refractivity contribution is -0.155. The highest BCUT2D eigenvalue weighted by Crippen LogP contribution is 2.35. The SMILES string of the molecule is CCC[C@H](C)[C@@](C#N)(CC)C(=O)OCC. The summed E-state index contributed by atoms with van der Waals surface area (Å²) in [5, 5.41) is 9.22. The maximum Gasteiger partial charge on any atom is 0.326 e. The Bertz CT molecular complexity index is 244. The molecule has 0 heterocycles. The van der Waals surface area contributed by atoms with Gasteiger partial charge in [0.15, 0.2) is 5.41 Å². The molecule has 0 spiro atoms. The number of hydrogen-bond donors (Lipinski definition) is 0. The third-order valence-electron chi connectivity index (χ3n) is 2.96. The zero-order valence-corrected chi connectivity index (χ0v) is 10.2. The van der Waals surface area contributed by atoms with Crippen LogP contribution in [0.25, 0.3) is 0 Å². The smallest absolute Gasteiger partial charge is 0.326 e. The van der Waals surface area contributed by atoms with Crippen LogP contribution in [0.3, 0.4) is 0 Å². The van der Waals surface area contributed by atoms with Crippen molar-refractivity contribution in [3.63, 3.8) is 0 Å². The fourth-order valence-electron chi connectivity index (χ4n) is 1.87. The van der Waals surface area contributed by atoms with E-state index in [2.05, 4.69) is 13.0 Å². The van der Waals surface area contributed by atoms with Crippen LogP contribution in [0.1, 0.15) is 47.0 Å². The molecule has 0 unspecified atom stereocenters. The van der Waals surface area contributed by atoms with E-state index in [9.17, 15) is 10.1 Å². The molecule has 0 fully saturated rings. The van der Waals surface area contributed by atoms with Crippen molar-refractivity contribution >= 4 is 5.97 Å². The molecule has 3 heteroatoms. The number of nitrogens with zero attached hydrogens (tertiary/aromatic N) is 1. The molecular formula is C12H21NO2. The lowest BCUT2D eigenvalue weighted by Crippen LogP contribution is -2.37. The monoisotopic (exact) mass is 211 g/mol. The Morgan fingerprint density at radius 2 is 2.07 bits per heavy atom. The van der Waals surface area contributed by atoms with Crippen molar-refractivity contribution in [1.29, 1.82) is 5.26 Å². The lowest BCUT2D eigenvalue weighted by atomic mass is 9.73. The third-order valence-corrected chi connectivity index (χ3v) is 2.96. The van der Waals surface area contributed by atoms with Gasteiger partial charge in [-0.3, -0.25) is 4.79 Å². The molecule has 0 saturated carbocycles. The summed E-state index contributed by atoms with van der Waals surface area (Å²) >= 11 is 0. The first-order valence-corrected chi connectivity index (χ1v) is 5.67. The highest BCUT2D eigenvalue weighted by atomic mass is 16.5. The maximum atomic E-state index is 11.8. The van der Waals surface area contributed by atoms with Gasteiger partial charge in [0.2, 0.25) is 0 Å². The Balaban J connectivity index is 4.88. The van der Waals surface area contributed by atoms with E-state index in [0.29, 0.717) is 13.0 Å². The van der Waals surface area contributed by atoms with Gasteiger partial charge in [0.05, 0.1) is 12.7 Å². The normalized spacial score (nSPS) is 16.2. The number of esters is 1. The third kappa shape index (κ3) is 2.95. The first-order chi connectivity index (χ1) is 7.08. The number of rotatable bonds is 6. The quantitative estimate of drug-likeness (QED) is 0.635. The molecule has 0 radical (unpaired) electrons. The van der Waals surface area contributed by atoms with Crippen LogP contribution >= 0.6 is 0 Å². The van der Waals surface area contributed by atoms with E-state index in [-0.39, 0.29) is 11.9 Å². The summed E-state index contributed by atoms with van der Waals surface area (Å²) in [6.45, 7) is 7.97. The van der Waals surface area contributed by atoms with Gasteiger partial charge >= 0.3 is 5.97 Å². The van der Waals surface area contributed by atoms with Crippen LogP contribution in [-0.2, 0) is 9.53 Å². The van der Waals surface area contributed by atoms with E-state index in [1.807, 2.05) is 13.8 Å². The van der Waals surface area contributed by atoms with Crippen LogP contribution in [-0.4, -0.2) is 12.6 Å². The molecule has 3 nitrogen and oxygen atoms in total. The molecule has 15 heavy (non-hydrogen) atoms. The van der Waals surface area contributed by atoms with E-state index >= 15 is 0 Å². The minimum Gasteiger partial charge on any atom is -0.465 e. The predicted molar refractivity (Wildman–Crippen MR) is 59.0 cm³/mol. The van der Waals surface area contributed by atoms with Crippen LogP contribution in [0.5, 0.6) is 0 Å². The Labute approximate surface area is 92.4 Å². The summed E-state index contributed by atoms with van der Waals surface area (Å²) < 4.78 is 5.00. The Morgan fingerprint density at radius 1 is 1.47 bits per heavy atom. The summed E-state index contributed by atoms with van der Waals surface area (Å²) in [5.41, 5.74) is -0.952. The molecule has 0 N–H and O–H groups in total. The highest BCUT2D eigenvalue weighted by molar-refractivity contribution is 5.80. The van der Waals surface area contributed by atoms with Gasteiger partial charge in [-0.05, 0) is 25.7 Å². The topological polar surface area (TPSA) is 50.1 Å². The van der Waals surface area contributed by atoms with Crippen LogP contribution in [0.4, 0.5) is 0 Å². The molecule has 86 valence electrons. The van der Waals surface area contributed by atoms with Crippen molar-refractivity contribution in [2.24, 2.45) is 11.3 Å². The number of ether oxygens (including phenoxy) is 1. The van der Waals surface area contributed by atoms with Crippen LogP contribution in [0.2, 0.25) is 0 Å². The summed E-state index contributed by atoms with van der Waals surface area (Å²) in [6.07, 6.45) is 2.37. The first kappa shape index (κ1) is 14.0. The highest BCUT2D eigenvalue weighted by Gasteiger charge is 2.43. The van der Waals surface area contributed by atoms with Crippen molar-refractivity contribution in [1.82, 2.24) is 0 Å². The summed E-state index contributed by atoms with van der Waals surface area (Å²) in [6, 6.07) is 2.16. The van der Waals surface area contributed by atoms with Gasteiger partial charge < -0.3 is 4.74 Å². The second kappa shape index (κ2) is 6.44. The number of nitriles is 1. The molecule has 0 aromatic carbocycles. The largest absolute Gasteiger partial charge is 0.465 e. The van der Waals surface area contributed by atoms with Gasteiger partial charge in [-0.15, -0.1) is 0 Å². The van der Waals surface area contributed by atoms with Crippen molar-refractivity contribution < 1.29 is 9.53 Å². The van der Waals surface area contributed by atoms with Gasteiger partial charge in [-0.1, -0.05) is 27.2 Å². The van der Waals surface area contributed by atoms with Crippen LogP contribution < -0.4 is 0 Å². The van der Waals surface area contributed by atoms with Gasteiger partial charge in [0, 0.05) is 0 Å². The molecule has 0 bridgehead atoms. The first-order valence-electron chi connectivity index (χ1n) is 5.67. The van der Waals surface area contributed by atoms with E-state index in [1.165, 1.54) is 0 Å². The number of carbonyl (C=O) groups excluding carboxylic acids is 1. The molecule has 0 aromatic heterocycles. The molecule has 0 amide bonds. The lowest BCUT2D eigenvalue weighted by Gasteiger charge is -2.29. The summed E-state index contributed by atoms with van der Waals surface area (Å²) in [5.74, 6) is -0.313. The number of hydrogen-bond acceptors (Lipinski definition) is 3. The minimum atomic E-state index is -0.952. The molecule has 0 aliphatic carbocycles. The van der Waals surface area contributed by atoms with E-state index in [0.717, 1.165) is 12.8 Å². The Hall–Kier alpha value is -1.04. The second-order valence-electron chi connectivity index (χ2n) is 3.85. The van der Waals surface area contributed by atoms with Gasteiger partial charge in [0.25, 0.3) is 0 Å². The van der Waals surface area contributed by atoms with Crippen molar-refractivity contribution in [2.75, 3.05) is 6.61 Å². The van der Waals surface area contributed by atoms with Crippen molar-refractivity contribution in [2.45, 2.75) is 47.0 Å². The predicted octanol–water partition coefficient (Wildman–Crippen LogP) is 2.91. The Morgan fingerprint density at radius 3 is 2.40 bits per heavy atom. The molecule has 0 rings (SSSR count). The summed E-state index contributed by atoms with van der Waals surface area (Å²) in [7, 11) is 0. The van der Waals surface area contributed by atoms with Crippen LogP contribution in [0, 0.1) is 22.7 Å².